The Hall–Kier alpha value is -3.12. The van der Waals surface area contributed by atoms with Crippen molar-refractivity contribution < 1.29 is 13.2 Å². The van der Waals surface area contributed by atoms with Crippen molar-refractivity contribution in [2.24, 2.45) is 0 Å². The van der Waals surface area contributed by atoms with Gasteiger partial charge in [0.05, 0.1) is 16.6 Å². The molecular weight excluding hydrogens is 396 g/mol. The average molecular weight is 423 g/mol. The average Bonchev–Trinajstić information content (AvgIpc) is 2.78. The number of rotatable bonds is 7. The molecule has 156 valence electrons. The minimum Gasteiger partial charge on any atom is -0.345 e. The summed E-state index contributed by atoms with van der Waals surface area (Å²) >= 11 is 0. The Labute approximate surface area is 178 Å². The summed E-state index contributed by atoms with van der Waals surface area (Å²) in [5, 5.41) is 3.06. The second-order valence-corrected chi connectivity index (χ2v) is 9.10. The molecule has 3 aromatic carbocycles. The maximum atomic E-state index is 12.9. The van der Waals surface area contributed by atoms with Crippen molar-refractivity contribution >= 4 is 21.6 Å². The van der Waals surface area contributed by atoms with Crippen LogP contribution in [0.25, 0.3) is 0 Å². The van der Waals surface area contributed by atoms with Crippen molar-refractivity contribution in [3.8, 4) is 0 Å². The summed E-state index contributed by atoms with van der Waals surface area (Å²) in [6.07, 6.45) is 0.769. The number of hydrogen-bond donors (Lipinski definition) is 1. The number of benzene rings is 3. The van der Waals surface area contributed by atoms with Crippen LogP contribution in [0.4, 0.5) is 5.69 Å². The van der Waals surface area contributed by atoms with E-state index in [-0.39, 0.29) is 16.8 Å². The molecule has 1 atom stereocenters. The van der Waals surface area contributed by atoms with Crippen molar-refractivity contribution in [1.82, 2.24) is 5.32 Å². The molecule has 0 aromatic heterocycles. The van der Waals surface area contributed by atoms with E-state index in [1.165, 1.54) is 11.4 Å². The number of carbonyl (C=O) groups excluding carboxylic acids is 1. The topological polar surface area (TPSA) is 66.5 Å². The first-order chi connectivity index (χ1) is 14.3. The van der Waals surface area contributed by atoms with Gasteiger partial charge in [0.25, 0.3) is 15.9 Å². The number of amides is 1. The lowest BCUT2D eigenvalue weighted by atomic mass is 10.0. The van der Waals surface area contributed by atoms with Crippen molar-refractivity contribution in [2.45, 2.75) is 31.2 Å². The van der Waals surface area contributed by atoms with E-state index in [1.54, 1.807) is 55.5 Å². The van der Waals surface area contributed by atoms with Crippen molar-refractivity contribution in [1.29, 1.82) is 0 Å². The maximum absolute atomic E-state index is 12.9. The van der Waals surface area contributed by atoms with Gasteiger partial charge >= 0.3 is 0 Å². The molecule has 5 nitrogen and oxygen atoms in total. The zero-order valence-electron chi connectivity index (χ0n) is 17.4. The highest BCUT2D eigenvalue weighted by molar-refractivity contribution is 7.92. The zero-order chi connectivity index (χ0) is 21.7. The number of nitrogens with zero attached hydrogens (tertiary/aromatic N) is 1. The lowest BCUT2D eigenvalue weighted by Gasteiger charge is -2.22. The summed E-state index contributed by atoms with van der Waals surface area (Å²) in [5.74, 6) is -0.186. The van der Waals surface area contributed by atoms with Crippen LogP contribution < -0.4 is 9.62 Å². The molecule has 0 aliphatic carbocycles. The van der Waals surface area contributed by atoms with Crippen LogP contribution in [0.15, 0.2) is 83.8 Å². The Bertz CT molecular complexity index is 1110. The van der Waals surface area contributed by atoms with Crippen molar-refractivity contribution in [3.63, 3.8) is 0 Å². The Morgan fingerprint density at radius 1 is 0.967 bits per heavy atom. The molecule has 0 aliphatic rings. The van der Waals surface area contributed by atoms with Crippen molar-refractivity contribution in [2.75, 3.05) is 11.4 Å². The first kappa shape index (κ1) is 21.6. The molecule has 0 spiro atoms. The number of nitrogens with one attached hydrogen (secondary N) is 1. The van der Waals surface area contributed by atoms with E-state index >= 15 is 0 Å². The number of sulfonamides is 1. The monoisotopic (exact) mass is 422 g/mol. The first-order valence-corrected chi connectivity index (χ1v) is 11.3. The van der Waals surface area contributed by atoms with Gasteiger partial charge in [0.2, 0.25) is 0 Å². The highest BCUT2D eigenvalue weighted by atomic mass is 32.2. The summed E-state index contributed by atoms with van der Waals surface area (Å²) in [6, 6.07) is 23.1. The second kappa shape index (κ2) is 9.13. The Morgan fingerprint density at radius 3 is 2.13 bits per heavy atom. The molecule has 30 heavy (non-hydrogen) atoms. The van der Waals surface area contributed by atoms with Gasteiger partial charge in [0.15, 0.2) is 0 Å². The molecule has 0 unspecified atom stereocenters. The van der Waals surface area contributed by atoms with Crippen LogP contribution in [0.5, 0.6) is 0 Å². The highest BCUT2D eigenvalue weighted by Crippen LogP contribution is 2.26. The van der Waals surface area contributed by atoms with Crippen LogP contribution in [0.3, 0.4) is 0 Å². The van der Waals surface area contributed by atoms with Gasteiger partial charge in [-0.05, 0) is 54.8 Å². The molecule has 3 aromatic rings. The van der Waals surface area contributed by atoms with E-state index in [0.717, 1.165) is 12.0 Å². The van der Waals surface area contributed by atoms with E-state index in [1.807, 2.05) is 37.3 Å². The Balaban J connectivity index is 1.82. The molecular formula is C24H26N2O3S. The molecule has 0 saturated carbocycles. The van der Waals surface area contributed by atoms with Gasteiger partial charge in [0, 0.05) is 12.6 Å². The van der Waals surface area contributed by atoms with Gasteiger partial charge in [0.1, 0.15) is 0 Å². The van der Waals surface area contributed by atoms with Gasteiger partial charge < -0.3 is 5.32 Å². The molecule has 1 amide bonds. The van der Waals surface area contributed by atoms with Crippen LogP contribution in [0.1, 0.15) is 40.9 Å². The van der Waals surface area contributed by atoms with Gasteiger partial charge in [-0.3, -0.25) is 9.10 Å². The SMILES string of the molecule is CC[C@H](NC(=O)c1ccc(N(C)S(=O)(=O)c2ccccc2)c(C)c1)c1ccccc1. The predicted molar refractivity (Wildman–Crippen MR) is 120 cm³/mol. The minimum atomic E-state index is -3.67. The fourth-order valence-corrected chi connectivity index (χ4v) is 4.66. The lowest BCUT2D eigenvalue weighted by Crippen LogP contribution is -2.29. The Morgan fingerprint density at radius 2 is 1.57 bits per heavy atom. The quantitative estimate of drug-likeness (QED) is 0.600. The maximum Gasteiger partial charge on any atom is 0.264 e. The number of aryl methyl sites for hydroxylation is 1. The van der Waals surface area contributed by atoms with Gasteiger partial charge in [-0.15, -0.1) is 0 Å². The van der Waals surface area contributed by atoms with E-state index in [4.69, 9.17) is 0 Å². The molecule has 0 bridgehead atoms. The summed E-state index contributed by atoms with van der Waals surface area (Å²) in [4.78, 5) is 13.0. The number of hydrogen-bond acceptors (Lipinski definition) is 3. The number of carbonyl (C=O) groups is 1. The summed E-state index contributed by atoms with van der Waals surface area (Å²) in [5.41, 5.74) is 2.79. The van der Waals surface area contributed by atoms with E-state index in [9.17, 15) is 13.2 Å². The van der Waals surface area contributed by atoms with Gasteiger partial charge in [-0.25, -0.2) is 8.42 Å². The molecule has 0 aliphatic heterocycles. The standard InChI is InChI=1S/C24H26N2O3S/c1-4-22(19-11-7-5-8-12-19)25-24(27)20-15-16-23(18(2)17-20)26(3)30(28,29)21-13-9-6-10-14-21/h5-17,22H,4H2,1-3H3,(H,25,27)/t22-/m0/s1. The molecule has 6 heteroatoms. The zero-order valence-corrected chi connectivity index (χ0v) is 18.2. The smallest absolute Gasteiger partial charge is 0.264 e. The van der Waals surface area contributed by atoms with Crippen LogP contribution in [0.2, 0.25) is 0 Å². The molecule has 0 saturated heterocycles. The van der Waals surface area contributed by atoms with E-state index in [0.29, 0.717) is 16.8 Å². The third-order valence-corrected chi connectivity index (χ3v) is 6.90. The van der Waals surface area contributed by atoms with Crippen LogP contribution in [0, 0.1) is 6.92 Å². The molecule has 1 N–H and O–H groups in total. The lowest BCUT2D eigenvalue weighted by molar-refractivity contribution is 0.0935. The summed E-state index contributed by atoms with van der Waals surface area (Å²) in [6.45, 7) is 3.83. The molecule has 0 radical (unpaired) electrons. The fraction of sp³-hybridized carbons (Fsp3) is 0.208. The largest absolute Gasteiger partial charge is 0.345 e. The number of anilines is 1. The fourth-order valence-electron chi connectivity index (χ4n) is 3.38. The van der Waals surface area contributed by atoms with Gasteiger partial charge in [-0.1, -0.05) is 55.5 Å². The minimum absolute atomic E-state index is 0.0835. The normalized spacial score (nSPS) is 12.2. The van der Waals surface area contributed by atoms with E-state index in [2.05, 4.69) is 5.32 Å². The molecule has 3 rings (SSSR count). The molecule has 0 fully saturated rings. The second-order valence-electron chi connectivity index (χ2n) is 7.13. The van der Waals surface area contributed by atoms with Crippen molar-refractivity contribution in [3.05, 3.63) is 95.6 Å². The predicted octanol–water partition coefficient (Wildman–Crippen LogP) is 4.70. The first-order valence-electron chi connectivity index (χ1n) is 9.85. The van der Waals surface area contributed by atoms with Crippen LogP contribution in [-0.4, -0.2) is 21.4 Å². The molecule has 0 heterocycles. The Kier molecular flexibility index (Phi) is 6.57. The van der Waals surface area contributed by atoms with Gasteiger partial charge in [-0.2, -0.15) is 0 Å². The van der Waals surface area contributed by atoms with Crippen LogP contribution >= 0.6 is 0 Å². The third-order valence-electron chi connectivity index (χ3n) is 5.12. The summed E-state index contributed by atoms with van der Waals surface area (Å²) < 4.78 is 27.0. The van der Waals surface area contributed by atoms with E-state index < -0.39 is 10.0 Å². The third kappa shape index (κ3) is 4.54. The summed E-state index contributed by atoms with van der Waals surface area (Å²) in [7, 11) is -2.15. The highest BCUT2D eigenvalue weighted by Gasteiger charge is 2.23. The van der Waals surface area contributed by atoms with Crippen LogP contribution in [-0.2, 0) is 10.0 Å².